The van der Waals surface area contributed by atoms with Crippen molar-refractivity contribution in [2.45, 2.75) is 13.8 Å². The molecule has 0 unspecified atom stereocenters. The summed E-state index contributed by atoms with van der Waals surface area (Å²) in [5, 5.41) is 10.5. The van der Waals surface area contributed by atoms with E-state index in [-0.39, 0.29) is 25.1 Å². The summed E-state index contributed by atoms with van der Waals surface area (Å²) in [6.45, 7) is 4.51. The van der Waals surface area contributed by atoms with Gasteiger partial charge in [0.15, 0.2) is 0 Å². The summed E-state index contributed by atoms with van der Waals surface area (Å²) < 4.78 is 27.7. The minimum atomic E-state index is -3.08. The summed E-state index contributed by atoms with van der Waals surface area (Å²) in [5.41, 5.74) is 0.683. The first-order valence-electron chi connectivity index (χ1n) is 7.20. The van der Waals surface area contributed by atoms with Gasteiger partial charge in [-0.2, -0.15) is 0 Å². The van der Waals surface area contributed by atoms with Crippen molar-refractivity contribution in [1.29, 1.82) is 0 Å². The van der Waals surface area contributed by atoms with Crippen LogP contribution in [0.1, 0.15) is 19.4 Å². The Morgan fingerprint density at radius 3 is 2.30 bits per heavy atom. The van der Waals surface area contributed by atoms with Crippen LogP contribution in [0.5, 0.6) is 0 Å². The third-order valence-corrected chi connectivity index (χ3v) is 4.68. The van der Waals surface area contributed by atoms with Crippen LogP contribution >= 0.6 is 7.60 Å². The molecule has 0 bridgehead atoms. The minimum absolute atomic E-state index is 0.0226. The van der Waals surface area contributed by atoms with Crippen molar-refractivity contribution in [1.82, 2.24) is 0 Å². The minimum Gasteiger partial charge on any atom is -0.368 e. The SMILES string of the molecule is CCOP(=O)(CCOCC#Cc1ccc([N+](=O)[O-])cc1)OCC. The van der Waals surface area contributed by atoms with Gasteiger partial charge in [-0.25, -0.2) is 0 Å². The average molecular weight is 341 g/mol. The van der Waals surface area contributed by atoms with Crippen molar-refractivity contribution in [3.05, 3.63) is 39.9 Å². The van der Waals surface area contributed by atoms with E-state index in [9.17, 15) is 14.7 Å². The molecule has 1 rings (SSSR count). The molecule has 23 heavy (non-hydrogen) atoms. The van der Waals surface area contributed by atoms with E-state index < -0.39 is 12.5 Å². The molecule has 0 atom stereocenters. The van der Waals surface area contributed by atoms with Gasteiger partial charge in [-0.05, 0) is 26.0 Å². The maximum atomic E-state index is 12.1. The van der Waals surface area contributed by atoms with Gasteiger partial charge in [0.2, 0.25) is 0 Å². The van der Waals surface area contributed by atoms with E-state index in [1.54, 1.807) is 26.0 Å². The van der Waals surface area contributed by atoms with E-state index in [1.807, 2.05) is 0 Å². The van der Waals surface area contributed by atoms with E-state index in [4.69, 9.17) is 13.8 Å². The largest absolute Gasteiger partial charge is 0.368 e. The van der Waals surface area contributed by atoms with Gasteiger partial charge < -0.3 is 13.8 Å². The average Bonchev–Trinajstić information content (AvgIpc) is 2.51. The zero-order valence-electron chi connectivity index (χ0n) is 13.2. The Balaban J connectivity index is 2.37. The number of hydrogen-bond donors (Lipinski definition) is 0. The summed E-state index contributed by atoms with van der Waals surface area (Å²) in [5.74, 6) is 5.62. The number of non-ortho nitro benzene ring substituents is 1. The molecule has 0 saturated carbocycles. The van der Waals surface area contributed by atoms with E-state index in [0.717, 1.165) is 0 Å². The standard InChI is InChI=1S/C15H20NO6P/c1-3-21-23(19,22-4-2)13-12-20-11-5-6-14-7-9-15(10-8-14)16(17)18/h7-10H,3-4,11-13H2,1-2H3. The quantitative estimate of drug-likeness (QED) is 0.225. The first kappa shape index (κ1) is 19.3. The number of nitro benzene ring substituents is 1. The number of hydrogen-bond acceptors (Lipinski definition) is 6. The van der Waals surface area contributed by atoms with Crippen LogP contribution in [0, 0.1) is 22.0 Å². The van der Waals surface area contributed by atoms with Crippen LogP contribution < -0.4 is 0 Å². The van der Waals surface area contributed by atoms with Crippen LogP contribution in [0.3, 0.4) is 0 Å². The lowest BCUT2D eigenvalue weighted by Gasteiger charge is -2.16. The topological polar surface area (TPSA) is 87.9 Å². The summed E-state index contributed by atoms with van der Waals surface area (Å²) >= 11 is 0. The van der Waals surface area contributed by atoms with E-state index in [0.29, 0.717) is 18.8 Å². The fourth-order valence-corrected chi connectivity index (χ4v) is 3.14. The highest BCUT2D eigenvalue weighted by atomic mass is 31.2. The predicted octanol–water partition coefficient (Wildman–Crippen LogP) is 3.23. The van der Waals surface area contributed by atoms with Crippen molar-refractivity contribution in [3.8, 4) is 11.8 Å². The molecule has 0 aliphatic rings. The van der Waals surface area contributed by atoms with Crippen molar-refractivity contribution in [2.75, 3.05) is 32.6 Å². The van der Waals surface area contributed by atoms with Crippen LogP contribution in [0.15, 0.2) is 24.3 Å². The second-order valence-electron chi connectivity index (χ2n) is 4.33. The highest BCUT2D eigenvalue weighted by Crippen LogP contribution is 2.47. The second kappa shape index (κ2) is 10.1. The smallest absolute Gasteiger partial charge is 0.332 e. The molecule has 0 N–H and O–H groups in total. The van der Waals surface area contributed by atoms with Gasteiger partial charge in [0.25, 0.3) is 5.69 Å². The van der Waals surface area contributed by atoms with Crippen molar-refractivity contribution in [2.24, 2.45) is 0 Å². The number of nitro groups is 1. The molecule has 126 valence electrons. The van der Waals surface area contributed by atoms with Gasteiger partial charge in [0.05, 0.1) is 30.9 Å². The van der Waals surface area contributed by atoms with E-state index in [1.165, 1.54) is 12.1 Å². The molecule has 0 aromatic heterocycles. The normalized spacial score (nSPS) is 10.9. The lowest BCUT2D eigenvalue weighted by atomic mass is 10.2. The third-order valence-electron chi connectivity index (χ3n) is 2.65. The molecular formula is C15H20NO6P. The van der Waals surface area contributed by atoms with Crippen LogP contribution in [0.25, 0.3) is 0 Å². The Kier molecular flexibility index (Phi) is 8.52. The Morgan fingerprint density at radius 1 is 1.17 bits per heavy atom. The molecule has 0 amide bonds. The van der Waals surface area contributed by atoms with Crippen LogP contribution in [-0.2, 0) is 18.3 Å². The highest BCUT2D eigenvalue weighted by molar-refractivity contribution is 7.53. The second-order valence-corrected chi connectivity index (χ2v) is 6.51. The molecule has 0 fully saturated rings. The number of benzene rings is 1. The van der Waals surface area contributed by atoms with Gasteiger partial charge in [-0.15, -0.1) is 0 Å². The van der Waals surface area contributed by atoms with Crippen LogP contribution in [0.2, 0.25) is 0 Å². The molecule has 1 aromatic carbocycles. The molecule has 0 radical (unpaired) electrons. The van der Waals surface area contributed by atoms with Gasteiger partial charge in [0, 0.05) is 17.7 Å². The number of nitrogens with zero attached hydrogens (tertiary/aromatic N) is 1. The molecule has 0 aliphatic carbocycles. The molecule has 0 spiro atoms. The Hall–Kier alpha value is -1.71. The Morgan fingerprint density at radius 2 is 1.78 bits per heavy atom. The van der Waals surface area contributed by atoms with E-state index in [2.05, 4.69) is 11.8 Å². The lowest BCUT2D eigenvalue weighted by molar-refractivity contribution is -0.384. The Bertz CT molecular complexity index is 595. The van der Waals surface area contributed by atoms with Crippen LogP contribution in [0.4, 0.5) is 5.69 Å². The Labute approximate surface area is 135 Å². The zero-order chi connectivity index (χ0) is 17.1. The van der Waals surface area contributed by atoms with Gasteiger partial charge in [-0.3, -0.25) is 14.7 Å². The predicted molar refractivity (Wildman–Crippen MR) is 86.5 cm³/mol. The molecule has 1 aromatic rings. The van der Waals surface area contributed by atoms with Gasteiger partial charge in [-0.1, -0.05) is 11.8 Å². The first-order chi connectivity index (χ1) is 11.0. The van der Waals surface area contributed by atoms with Crippen molar-refractivity contribution >= 4 is 13.3 Å². The van der Waals surface area contributed by atoms with Gasteiger partial charge in [0.1, 0.15) is 6.61 Å². The van der Waals surface area contributed by atoms with E-state index >= 15 is 0 Å². The fourth-order valence-electron chi connectivity index (χ4n) is 1.66. The lowest BCUT2D eigenvalue weighted by Crippen LogP contribution is -2.06. The fraction of sp³-hybridized carbons (Fsp3) is 0.467. The maximum absolute atomic E-state index is 12.1. The van der Waals surface area contributed by atoms with Gasteiger partial charge >= 0.3 is 7.60 Å². The molecular weight excluding hydrogens is 321 g/mol. The number of ether oxygens (including phenoxy) is 1. The molecule has 8 heteroatoms. The molecule has 0 saturated heterocycles. The summed E-state index contributed by atoms with van der Waals surface area (Å²) in [4.78, 5) is 10.1. The maximum Gasteiger partial charge on any atom is 0.332 e. The van der Waals surface area contributed by atoms with Crippen molar-refractivity contribution < 1.29 is 23.3 Å². The zero-order valence-corrected chi connectivity index (χ0v) is 14.1. The highest BCUT2D eigenvalue weighted by Gasteiger charge is 2.22. The molecule has 0 heterocycles. The first-order valence-corrected chi connectivity index (χ1v) is 8.92. The third kappa shape index (κ3) is 7.40. The number of rotatable bonds is 9. The van der Waals surface area contributed by atoms with Crippen molar-refractivity contribution in [3.63, 3.8) is 0 Å². The summed E-state index contributed by atoms with van der Waals surface area (Å²) in [6.07, 6.45) is 0.174. The van der Waals surface area contributed by atoms with Crippen LogP contribution in [-0.4, -0.2) is 37.5 Å². The molecule has 0 aliphatic heterocycles. The monoisotopic (exact) mass is 341 g/mol. The molecule has 7 nitrogen and oxygen atoms in total. The summed E-state index contributed by atoms with van der Waals surface area (Å²) in [6, 6.07) is 5.93. The summed E-state index contributed by atoms with van der Waals surface area (Å²) in [7, 11) is -3.08.